The van der Waals surface area contributed by atoms with Gasteiger partial charge in [0.05, 0.1) is 11.4 Å². The SMILES string of the molecule is C(=Cc1ccccc1N(c1ccccc1)c1cccc2ccccc12)c1ccccc1. The monoisotopic (exact) mass is 397 g/mol. The van der Waals surface area contributed by atoms with Gasteiger partial charge < -0.3 is 4.90 Å². The van der Waals surface area contributed by atoms with Crippen LogP contribution in [0.5, 0.6) is 0 Å². The van der Waals surface area contributed by atoms with Crippen LogP contribution in [0.4, 0.5) is 17.1 Å². The zero-order valence-electron chi connectivity index (χ0n) is 17.2. The van der Waals surface area contributed by atoms with Crippen molar-refractivity contribution in [3.63, 3.8) is 0 Å². The summed E-state index contributed by atoms with van der Waals surface area (Å²) in [6, 6.07) is 44.7. The molecule has 5 aromatic rings. The predicted molar refractivity (Wildman–Crippen MR) is 134 cm³/mol. The molecule has 0 N–H and O–H groups in total. The third-order valence-corrected chi connectivity index (χ3v) is 5.45. The van der Waals surface area contributed by atoms with Crippen molar-refractivity contribution in [3.05, 3.63) is 139 Å². The molecule has 0 aromatic heterocycles. The summed E-state index contributed by atoms with van der Waals surface area (Å²) in [5.41, 5.74) is 5.82. The Morgan fingerprint density at radius 2 is 1.06 bits per heavy atom. The number of fused-ring (bicyclic) bond motifs is 1. The fourth-order valence-electron chi connectivity index (χ4n) is 3.97. The van der Waals surface area contributed by atoms with E-state index in [2.05, 4.69) is 138 Å². The number of hydrogen-bond donors (Lipinski definition) is 0. The van der Waals surface area contributed by atoms with Crippen molar-refractivity contribution in [1.29, 1.82) is 0 Å². The number of anilines is 3. The number of rotatable bonds is 5. The first-order valence-electron chi connectivity index (χ1n) is 10.6. The zero-order valence-corrected chi connectivity index (χ0v) is 17.2. The molecular formula is C30H23N. The van der Waals surface area contributed by atoms with Crippen LogP contribution >= 0.6 is 0 Å². The van der Waals surface area contributed by atoms with Gasteiger partial charge in [-0.25, -0.2) is 0 Å². The molecule has 0 unspecified atom stereocenters. The first kappa shape index (κ1) is 18.9. The van der Waals surface area contributed by atoms with Gasteiger partial charge in [-0.2, -0.15) is 0 Å². The Hall–Kier alpha value is -4.10. The van der Waals surface area contributed by atoms with E-state index in [0.717, 1.165) is 11.4 Å². The van der Waals surface area contributed by atoms with Gasteiger partial charge >= 0.3 is 0 Å². The topological polar surface area (TPSA) is 3.24 Å². The first-order valence-corrected chi connectivity index (χ1v) is 10.6. The Morgan fingerprint density at radius 1 is 0.452 bits per heavy atom. The molecule has 0 radical (unpaired) electrons. The smallest absolute Gasteiger partial charge is 0.0540 e. The lowest BCUT2D eigenvalue weighted by molar-refractivity contribution is 1.29. The minimum absolute atomic E-state index is 1.14. The number of nitrogens with zero attached hydrogens (tertiary/aromatic N) is 1. The molecular weight excluding hydrogens is 374 g/mol. The predicted octanol–water partition coefficient (Wildman–Crippen LogP) is 8.48. The van der Waals surface area contributed by atoms with Gasteiger partial charge in [-0.15, -0.1) is 0 Å². The molecule has 31 heavy (non-hydrogen) atoms. The van der Waals surface area contributed by atoms with Crippen LogP contribution in [0, 0.1) is 0 Å². The summed E-state index contributed by atoms with van der Waals surface area (Å²) >= 11 is 0. The molecule has 0 atom stereocenters. The molecule has 0 bridgehead atoms. The molecule has 1 heteroatoms. The summed E-state index contributed by atoms with van der Waals surface area (Å²) in [6.07, 6.45) is 4.37. The molecule has 0 saturated carbocycles. The maximum absolute atomic E-state index is 2.35. The van der Waals surface area contributed by atoms with Crippen molar-refractivity contribution in [1.82, 2.24) is 0 Å². The summed E-state index contributed by atoms with van der Waals surface area (Å²) in [7, 11) is 0. The Balaban J connectivity index is 1.70. The third-order valence-electron chi connectivity index (χ3n) is 5.45. The van der Waals surface area contributed by atoms with Crippen LogP contribution in [0.1, 0.15) is 11.1 Å². The van der Waals surface area contributed by atoms with Crippen molar-refractivity contribution in [3.8, 4) is 0 Å². The normalized spacial score (nSPS) is 11.1. The third kappa shape index (κ3) is 3.99. The van der Waals surface area contributed by atoms with Gasteiger partial charge in [0.2, 0.25) is 0 Å². The summed E-state index contributed by atoms with van der Waals surface area (Å²) in [5, 5.41) is 2.47. The van der Waals surface area contributed by atoms with Crippen molar-refractivity contribution in [2.24, 2.45) is 0 Å². The standard InChI is InChI=1S/C30H23N/c1-3-12-24(13-4-1)22-23-26-15-8-10-20-29(26)31(27-17-5-2-6-18-27)30-21-11-16-25-14-7-9-19-28(25)30/h1-23H. The molecule has 0 aliphatic carbocycles. The van der Waals surface area contributed by atoms with Crippen molar-refractivity contribution in [2.45, 2.75) is 0 Å². The van der Waals surface area contributed by atoms with E-state index in [4.69, 9.17) is 0 Å². The summed E-state index contributed by atoms with van der Waals surface area (Å²) in [4.78, 5) is 2.35. The van der Waals surface area contributed by atoms with Gasteiger partial charge in [0, 0.05) is 11.1 Å². The number of hydrogen-bond acceptors (Lipinski definition) is 1. The molecule has 0 aliphatic rings. The average Bonchev–Trinajstić information content (AvgIpc) is 2.85. The molecule has 5 aromatic carbocycles. The minimum Gasteiger partial charge on any atom is -0.309 e. The molecule has 1 nitrogen and oxygen atoms in total. The van der Waals surface area contributed by atoms with Gasteiger partial charge in [0.1, 0.15) is 0 Å². The van der Waals surface area contributed by atoms with E-state index in [0.29, 0.717) is 0 Å². The second-order valence-electron chi connectivity index (χ2n) is 7.47. The highest BCUT2D eigenvalue weighted by Crippen LogP contribution is 2.40. The van der Waals surface area contributed by atoms with Crippen LogP contribution in [0.2, 0.25) is 0 Å². The highest BCUT2D eigenvalue weighted by molar-refractivity contribution is 6.00. The first-order chi connectivity index (χ1) is 15.4. The van der Waals surface area contributed by atoms with Gasteiger partial charge in [-0.3, -0.25) is 0 Å². The van der Waals surface area contributed by atoms with Gasteiger partial charge in [0.15, 0.2) is 0 Å². The molecule has 0 amide bonds. The Kier molecular flexibility index (Phi) is 5.32. The Bertz CT molecular complexity index is 1320. The highest BCUT2D eigenvalue weighted by Gasteiger charge is 2.16. The number of para-hydroxylation sites is 2. The summed E-state index contributed by atoms with van der Waals surface area (Å²) < 4.78 is 0. The van der Waals surface area contributed by atoms with E-state index in [1.807, 2.05) is 6.07 Å². The van der Waals surface area contributed by atoms with Gasteiger partial charge in [-0.05, 0) is 40.8 Å². The molecule has 0 fully saturated rings. The lowest BCUT2D eigenvalue weighted by Gasteiger charge is -2.28. The molecule has 0 saturated heterocycles. The summed E-state index contributed by atoms with van der Waals surface area (Å²) in [6.45, 7) is 0. The lowest BCUT2D eigenvalue weighted by Crippen LogP contribution is -2.11. The molecule has 0 spiro atoms. The van der Waals surface area contributed by atoms with Crippen LogP contribution in [-0.4, -0.2) is 0 Å². The second-order valence-corrected chi connectivity index (χ2v) is 7.47. The van der Waals surface area contributed by atoms with E-state index >= 15 is 0 Å². The van der Waals surface area contributed by atoms with Crippen molar-refractivity contribution in [2.75, 3.05) is 4.90 Å². The molecule has 5 rings (SSSR count). The molecule has 0 aliphatic heterocycles. The van der Waals surface area contributed by atoms with Crippen LogP contribution in [0.3, 0.4) is 0 Å². The fraction of sp³-hybridized carbons (Fsp3) is 0. The largest absolute Gasteiger partial charge is 0.309 e. The number of benzene rings is 5. The molecule has 0 heterocycles. The maximum atomic E-state index is 2.35. The quantitative estimate of drug-likeness (QED) is 0.269. The van der Waals surface area contributed by atoms with E-state index in [9.17, 15) is 0 Å². The van der Waals surface area contributed by atoms with Gasteiger partial charge in [0.25, 0.3) is 0 Å². The van der Waals surface area contributed by atoms with E-state index in [1.165, 1.54) is 27.6 Å². The summed E-state index contributed by atoms with van der Waals surface area (Å²) in [5.74, 6) is 0. The Labute approximate surface area is 183 Å². The van der Waals surface area contributed by atoms with Crippen molar-refractivity contribution >= 4 is 40.0 Å². The van der Waals surface area contributed by atoms with Gasteiger partial charge in [-0.1, -0.05) is 115 Å². The van der Waals surface area contributed by atoms with Crippen LogP contribution in [-0.2, 0) is 0 Å². The van der Waals surface area contributed by atoms with E-state index in [1.54, 1.807) is 0 Å². The molecule has 148 valence electrons. The van der Waals surface area contributed by atoms with E-state index in [-0.39, 0.29) is 0 Å². The average molecular weight is 398 g/mol. The van der Waals surface area contributed by atoms with E-state index < -0.39 is 0 Å². The van der Waals surface area contributed by atoms with Crippen LogP contribution in [0.25, 0.3) is 22.9 Å². The second kappa shape index (κ2) is 8.73. The van der Waals surface area contributed by atoms with Crippen LogP contribution in [0.15, 0.2) is 127 Å². The lowest BCUT2D eigenvalue weighted by atomic mass is 10.0. The zero-order chi connectivity index (χ0) is 20.9. The minimum atomic E-state index is 1.14. The fourth-order valence-corrected chi connectivity index (χ4v) is 3.97. The van der Waals surface area contributed by atoms with Crippen LogP contribution < -0.4 is 4.90 Å². The Morgan fingerprint density at radius 3 is 1.90 bits per heavy atom. The maximum Gasteiger partial charge on any atom is 0.0540 e. The van der Waals surface area contributed by atoms with Crippen molar-refractivity contribution < 1.29 is 0 Å². The highest BCUT2D eigenvalue weighted by atomic mass is 15.1.